The second-order valence-electron chi connectivity index (χ2n) is 7.70. The van der Waals surface area contributed by atoms with E-state index in [-0.39, 0.29) is 18.2 Å². The number of rotatable bonds is 9. The number of nitrogens with one attached hydrogen (secondary N) is 1. The number of hydrogen-bond donors (Lipinski definition) is 1. The van der Waals surface area contributed by atoms with Gasteiger partial charge in [0.05, 0.1) is 6.61 Å². The molecular weight excluding hydrogens is 370 g/mol. The normalized spacial score (nSPS) is 17.3. The summed E-state index contributed by atoms with van der Waals surface area (Å²) in [5.41, 5.74) is 2.42. The molecule has 1 saturated heterocycles. The van der Waals surface area contributed by atoms with Crippen molar-refractivity contribution in [3.63, 3.8) is 0 Å². The highest BCUT2D eigenvalue weighted by Crippen LogP contribution is 2.23. The first kappa shape index (κ1) is 21.3. The van der Waals surface area contributed by atoms with Crippen molar-refractivity contribution < 1.29 is 18.8 Å². The lowest BCUT2D eigenvalue weighted by atomic mass is 9.98. The molecule has 1 amide bonds. The Morgan fingerprint density at radius 2 is 2.14 bits per heavy atom. The van der Waals surface area contributed by atoms with Crippen molar-refractivity contribution in [2.75, 3.05) is 39.9 Å². The third kappa shape index (κ3) is 6.05. The van der Waals surface area contributed by atoms with Crippen LogP contribution in [-0.2, 0) is 11.3 Å². The fourth-order valence-corrected chi connectivity index (χ4v) is 3.73. The second kappa shape index (κ2) is 10.4. The first-order chi connectivity index (χ1) is 14.1. The molecule has 1 fully saturated rings. The fourth-order valence-electron chi connectivity index (χ4n) is 3.73. The monoisotopic (exact) mass is 401 g/mol. The van der Waals surface area contributed by atoms with E-state index in [0.29, 0.717) is 18.2 Å². The van der Waals surface area contributed by atoms with Gasteiger partial charge in [-0.15, -0.1) is 0 Å². The first-order valence-corrected chi connectivity index (χ1v) is 10.2. The SMILES string of the molecule is COCCN1CCC[C@H](CNC(=O)c2cc(COc3c(C)cccc3C)on2)C1. The maximum atomic E-state index is 12.4. The predicted octanol–water partition coefficient (Wildman–Crippen LogP) is 2.96. The maximum Gasteiger partial charge on any atom is 0.273 e. The molecule has 2 heterocycles. The Balaban J connectivity index is 1.47. The molecule has 0 spiro atoms. The number of amides is 1. The Hall–Kier alpha value is -2.38. The average Bonchev–Trinajstić information content (AvgIpc) is 3.19. The van der Waals surface area contributed by atoms with Crippen LogP contribution in [0.5, 0.6) is 5.75 Å². The van der Waals surface area contributed by atoms with Crippen LogP contribution in [0.25, 0.3) is 0 Å². The average molecular weight is 402 g/mol. The summed E-state index contributed by atoms with van der Waals surface area (Å²) in [6.45, 7) is 8.65. The number of benzene rings is 1. The summed E-state index contributed by atoms with van der Waals surface area (Å²) in [4.78, 5) is 14.8. The molecule has 7 heteroatoms. The lowest BCUT2D eigenvalue weighted by molar-refractivity contribution is 0.0904. The fraction of sp³-hybridized carbons (Fsp3) is 0.545. The molecule has 3 rings (SSSR count). The van der Waals surface area contributed by atoms with Gasteiger partial charge in [0.2, 0.25) is 0 Å². The topological polar surface area (TPSA) is 76.8 Å². The number of aromatic nitrogens is 1. The zero-order valence-electron chi connectivity index (χ0n) is 17.6. The molecular formula is C22H31N3O4. The van der Waals surface area contributed by atoms with Crippen LogP contribution in [0.2, 0.25) is 0 Å². The van der Waals surface area contributed by atoms with Crippen LogP contribution in [0.4, 0.5) is 0 Å². The number of carbonyl (C=O) groups is 1. The quantitative estimate of drug-likeness (QED) is 0.696. The zero-order chi connectivity index (χ0) is 20.6. The van der Waals surface area contributed by atoms with Crippen molar-refractivity contribution in [2.24, 2.45) is 5.92 Å². The van der Waals surface area contributed by atoms with Gasteiger partial charge in [0.25, 0.3) is 5.91 Å². The Labute approximate surface area is 172 Å². The van der Waals surface area contributed by atoms with Crippen LogP contribution < -0.4 is 10.1 Å². The van der Waals surface area contributed by atoms with Crippen LogP contribution in [0.1, 0.15) is 40.2 Å². The molecule has 0 aliphatic carbocycles. The minimum absolute atomic E-state index is 0.207. The molecule has 1 atom stereocenters. The third-order valence-electron chi connectivity index (χ3n) is 5.33. The van der Waals surface area contributed by atoms with Gasteiger partial charge in [-0.1, -0.05) is 23.4 Å². The number of para-hydroxylation sites is 1. The van der Waals surface area contributed by atoms with Crippen LogP contribution >= 0.6 is 0 Å². The molecule has 0 unspecified atom stereocenters. The highest BCUT2D eigenvalue weighted by molar-refractivity contribution is 5.92. The van der Waals surface area contributed by atoms with Crippen molar-refractivity contribution in [1.82, 2.24) is 15.4 Å². The Bertz CT molecular complexity index is 785. The number of hydrogen-bond acceptors (Lipinski definition) is 6. The highest BCUT2D eigenvalue weighted by atomic mass is 16.5. The maximum absolute atomic E-state index is 12.4. The van der Waals surface area contributed by atoms with Gasteiger partial charge in [-0.25, -0.2) is 0 Å². The van der Waals surface area contributed by atoms with E-state index in [1.165, 1.54) is 0 Å². The first-order valence-electron chi connectivity index (χ1n) is 10.2. The Morgan fingerprint density at radius 1 is 1.34 bits per heavy atom. The molecule has 7 nitrogen and oxygen atoms in total. The van der Waals surface area contributed by atoms with E-state index in [9.17, 15) is 4.79 Å². The van der Waals surface area contributed by atoms with E-state index < -0.39 is 0 Å². The largest absolute Gasteiger partial charge is 0.485 e. The molecule has 1 aliphatic rings. The number of carbonyl (C=O) groups excluding carboxylic acids is 1. The number of ether oxygens (including phenoxy) is 2. The summed E-state index contributed by atoms with van der Waals surface area (Å²) in [5.74, 6) is 1.61. The van der Waals surface area contributed by atoms with Gasteiger partial charge in [0, 0.05) is 32.8 Å². The second-order valence-corrected chi connectivity index (χ2v) is 7.70. The number of methoxy groups -OCH3 is 1. The molecule has 1 aromatic heterocycles. The number of likely N-dealkylation sites (tertiary alicyclic amines) is 1. The van der Waals surface area contributed by atoms with Crippen LogP contribution in [0, 0.1) is 19.8 Å². The zero-order valence-corrected chi connectivity index (χ0v) is 17.6. The summed E-state index contributed by atoms with van der Waals surface area (Å²) < 4.78 is 16.3. The van der Waals surface area contributed by atoms with E-state index >= 15 is 0 Å². The van der Waals surface area contributed by atoms with E-state index in [2.05, 4.69) is 15.4 Å². The Kier molecular flexibility index (Phi) is 7.66. The van der Waals surface area contributed by atoms with Gasteiger partial charge in [0.1, 0.15) is 12.4 Å². The van der Waals surface area contributed by atoms with E-state index in [1.54, 1.807) is 13.2 Å². The van der Waals surface area contributed by atoms with E-state index in [0.717, 1.165) is 56.0 Å². The van der Waals surface area contributed by atoms with Crippen molar-refractivity contribution in [3.8, 4) is 5.75 Å². The Morgan fingerprint density at radius 3 is 2.90 bits per heavy atom. The van der Waals surface area contributed by atoms with Gasteiger partial charge < -0.3 is 24.2 Å². The highest BCUT2D eigenvalue weighted by Gasteiger charge is 2.21. The predicted molar refractivity (Wildman–Crippen MR) is 110 cm³/mol. The van der Waals surface area contributed by atoms with Crippen LogP contribution in [0.3, 0.4) is 0 Å². The molecule has 0 bridgehead atoms. The number of nitrogens with zero attached hydrogens (tertiary/aromatic N) is 2. The van der Waals surface area contributed by atoms with Gasteiger partial charge in [0.15, 0.2) is 11.5 Å². The minimum atomic E-state index is -0.207. The van der Waals surface area contributed by atoms with Gasteiger partial charge in [-0.05, 0) is 50.3 Å². The molecule has 1 aliphatic heterocycles. The van der Waals surface area contributed by atoms with E-state index in [4.69, 9.17) is 14.0 Å². The number of aryl methyl sites for hydroxylation is 2. The summed E-state index contributed by atoms with van der Waals surface area (Å²) >= 11 is 0. The standard InChI is InChI=1S/C22H31N3O4/c1-16-6-4-7-17(2)21(16)28-15-19-12-20(24-29-19)22(26)23-13-18-8-5-9-25(14-18)10-11-27-3/h4,6-7,12,18H,5,8-11,13-15H2,1-3H3,(H,23,26)/t18-/m1/s1. The molecule has 1 N–H and O–H groups in total. The lowest BCUT2D eigenvalue weighted by Crippen LogP contribution is -2.42. The molecule has 158 valence electrons. The van der Waals surface area contributed by atoms with Crippen molar-refractivity contribution in [2.45, 2.75) is 33.3 Å². The van der Waals surface area contributed by atoms with Crippen molar-refractivity contribution in [3.05, 3.63) is 46.8 Å². The molecule has 1 aromatic carbocycles. The van der Waals surface area contributed by atoms with Gasteiger partial charge in [-0.3, -0.25) is 4.79 Å². The summed E-state index contributed by atoms with van der Waals surface area (Å²) in [5, 5.41) is 6.89. The van der Waals surface area contributed by atoms with Crippen molar-refractivity contribution in [1.29, 1.82) is 0 Å². The van der Waals surface area contributed by atoms with Gasteiger partial charge >= 0.3 is 0 Å². The molecule has 0 saturated carbocycles. The number of piperidine rings is 1. The smallest absolute Gasteiger partial charge is 0.273 e. The summed E-state index contributed by atoms with van der Waals surface area (Å²) in [6.07, 6.45) is 2.27. The summed E-state index contributed by atoms with van der Waals surface area (Å²) in [7, 11) is 1.72. The third-order valence-corrected chi connectivity index (χ3v) is 5.33. The van der Waals surface area contributed by atoms with Crippen LogP contribution in [0.15, 0.2) is 28.8 Å². The lowest BCUT2D eigenvalue weighted by Gasteiger charge is -2.32. The van der Waals surface area contributed by atoms with Gasteiger partial charge in [-0.2, -0.15) is 0 Å². The minimum Gasteiger partial charge on any atom is -0.485 e. The van der Waals surface area contributed by atoms with Crippen molar-refractivity contribution >= 4 is 5.91 Å². The van der Waals surface area contributed by atoms with Crippen LogP contribution in [-0.4, -0.2) is 55.9 Å². The van der Waals surface area contributed by atoms with E-state index in [1.807, 2.05) is 32.0 Å². The molecule has 0 radical (unpaired) electrons. The molecule has 2 aromatic rings. The molecule has 29 heavy (non-hydrogen) atoms. The summed E-state index contributed by atoms with van der Waals surface area (Å²) in [6, 6.07) is 7.65.